The molecule has 2 aliphatic heterocycles. The first-order valence-electron chi connectivity index (χ1n) is 11.8. The molecule has 6 nitrogen and oxygen atoms in total. The molecule has 0 saturated heterocycles. The van der Waals surface area contributed by atoms with Crippen LogP contribution in [0.4, 0.5) is 5.69 Å². The highest BCUT2D eigenvalue weighted by atomic mass is 32.1. The van der Waals surface area contributed by atoms with Gasteiger partial charge in [-0.3, -0.25) is 14.2 Å². The van der Waals surface area contributed by atoms with Crippen molar-refractivity contribution in [2.75, 3.05) is 12.4 Å². The zero-order valence-corrected chi connectivity index (χ0v) is 20.3. The number of nitrogens with zero attached hydrogens (tertiary/aromatic N) is 2. The van der Waals surface area contributed by atoms with Crippen molar-refractivity contribution in [2.45, 2.75) is 18.9 Å². The van der Waals surface area contributed by atoms with Crippen LogP contribution in [0, 0.1) is 0 Å². The summed E-state index contributed by atoms with van der Waals surface area (Å²) in [5, 5.41) is 2.90. The van der Waals surface area contributed by atoms with E-state index in [4.69, 9.17) is 9.73 Å². The Morgan fingerprint density at radius 2 is 1.78 bits per heavy atom. The number of hydrogen-bond donors (Lipinski definition) is 1. The molecule has 0 fully saturated rings. The predicted molar refractivity (Wildman–Crippen MR) is 140 cm³/mol. The van der Waals surface area contributed by atoms with E-state index < -0.39 is 0 Å². The Labute approximate surface area is 210 Å². The van der Waals surface area contributed by atoms with Gasteiger partial charge < -0.3 is 10.1 Å². The van der Waals surface area contributed by atoms with Crippen molar-refractivity contribution in [2.24, 2.45) is 4.99 Å². The van der Waals surface area contributed by atoms with Crippen LogP contribution in [0.3, 0.4) is 0 Å². The van der Waals surface area contributed by atoms with Crippen LogP contribution in [0.15, 0.2) is 88.2 Å². The fourth-order valence-corrected chi connectivity index (χ4v) is 6.62. The Bertz CT molecular complexity index is 1810. The molecule has 3 aliphatic rings. The third-order valence-electron chi connectivity index (χ3n) is 7.16. The Morgan fingerprint density at radius 3 is 2.64 bits per heavy atom. The quantitative estimate of drug-likeness (QED) is 0.465. The Hall–Kier alpha value is -4.23. The molecule has 1 N–H and O–H groups in total. The largest absolute Gasteiger partial charge is 0.497 e. The first-order valence-corrected chi connectivity index (χ1v) is 12.7. The third kappa shape index (κ3) is 2.99. The Kier molecular flexibility index (Phi) is 4.62. The van der Waals surface area contributed by atoms with Crippen LogP contribution >= 0.6 is 11.3 Å². The van der Waals surface area contributed by atoms with Crippen LogP contribution in [0.25, 0.3) is 11.3 Å². The summed E-state index contributed by atoms with van der Waals surface area (Å²) in [6.45, 7) is 0. The molecule has 0 bridgehead atoms. The molecule has 3 heterocycles. The monoisotopic (exact) mass is 491 g/mol. The van der Waals surface area contributed by atoms with E-state index in [-0.39, 0.29) is 17.5 Å². The van der Waals surface area contributed by atoms with Gasteiger partial charge in [-0.05, 0) is 47.7 Å². The van der Waals surface area contributed by atoms with Gasteiger partial charge in [0.25, 0.3) is 11.5 Å². The topological polar surface area (TPSA) is 72.7 Å². The minimum absolute atomic E-state index is 0.196. The second-order valence-electron chi connectivity index (χ2n) is 9.09. The maximum Gasteiger partial charge on any atom is 0.271 e. The van der Waals surface area contributed by atoms with Crippen LogP contribution in [0.2, 0.25) is 0 Å². The molecule has 1 atom stereocenters. The number of allylic oxidation sites excluding steroid dienone is 1. The van der Waals surface area contributed by atoms with Crippen LogP contribution in [0.5, 0.6) is 5.75 Å². The summed E-state index contributed by atoms with van der Waals surface area (Å²) in [7, 11) is 1.64. The minimum atomic E-state index is -0.325. The van der Waals surface area contributed by atoms with Gasteiger partial charge in [0.2, 0.25) is 0 Å². The van der Waals surface area contributed by atoms with Gasteiger partial charge in [0.05, 0.1) is 24.4 Å². The maximum absolute atomic E-state index is 14.1. The summed E-state index contributed by atoms with van der Waals surface area (Å²) in [5.41, 5.74) is 7.07. The second kappa shape index (κ2) is 7.90. The van der Waals surface area contributed by atoms with Crippen molar-refractivity contribution in [3.8, 4) is 5.75 Å². The molecule has 3 aromatic carbocycles. The number of nitrogens with one attached hydrogen (secondary N) is 1. The van der Waals surface area contributed by atoms with Gasteiger partial charge in [-0.2, -0.15) is 0 Å². The summed E-state index contributed by atoms with van der Waals surface area (Å²) >= 11 is 1.29. The number of aryl methyl sites for hydroxylation is 1. The van der Waals surface area contributed by atoms with Gasteiger partial charge in [-0.1, -0.05) is 65.9 Å². The standard InChI is InChI=1S/C29H21N3O3S/c1-35-18-9-6-8-17(15-18)25-21-14-13-16-7-2-3-10-19(16)24(21)31-29-32(25)28(34)26(36-29)23-20-11-4-5-12-22(20)30-27(23)33/h2-12,15,25H,13-14H2,1H3,(H,30,33)/b26-23-/t25-/m1/s1. The lowest BCUT2D eigenvalue weighted by Crippen LogP contribution is -2.39. The van der Waals surface area contributed by atoms with Gasteiger partial charge in [-0.15, -0.1) is 0 Å². The van der Waals surface area contributed by atoms with Crippen molar-refractivity contribution in [3.63, 3.8) is 0 Å². The number of aromatic nitrogens is 1. The van der Waals surface area contributed by atoms with Crippen molar-refractivity contribution >= 4 is 34.2 Å². The number of benzene rings is 3. The molecule has 4 aromatic rings. The second-order valence-corrected chi connectivity index (χ2v) is 10.1. The molecule has 7 rings (SSSR count). The fraction of sp³-hybridized carbons (Fsp3) is 0.138. The van der Waals surface area contributed by atoms with Crippen LogP contribution < -0.4 is 24.9 Å². The number of amides is 1. The van der Waals surface area contributed by atoms with E-state index in [2.05, 4.69) is 23.5 Å². The molecule has 0 saturated carbocycles. The van der Waals surface area contributed by atoms with E-state index in [1.54, 1.807) is 11.7 Å². The summed E-state index contributed by atoms with van der Waals surface area (Å²) in [6.07, 6.45) is 1.69. The SMILES string of the molecule is COc1cccc([C@@H]2C3=C(N=c4s/c(=C5\C(=O)Nc6ccccc65)c(=O)n42)c2ccccc2CC3)c1. The lowest BCUT2D eigenvalue weighted by atomic mass is 9.83. The van der Waals surface area contributed by atoms with Crippen molar-refractivity contribution in [1.82, 2.24) is 4.57 Å². The van der Waals surface area contributed by atoms with Gasteiger partial charge in [0.15, 0.2) is 4.80 Å². The van der Waals surface area contributed by atoms with Gasteiger partial charge in [0.1, 0.15) is 10.3 Å². The van der Waals surface area contributed by atoms with E-state index in [1.807, 2.05) is 54.6 Å². The zero-order chi connectivity index (χ0) is 24.4. The maximum atomic E-state index is 14.1. The number of ether oxygens (including phenoxy) is 1. The molecular weight excluding hydrogens is 470 g/mol. The number of carbonyl (C=O) groups excluding carboxylic acids is 1. The number of fused-ring (bicyclic) bond motifs is 4. The number of anilines is 1. The number of carbonyl (C=O) groups is 1. The average molecular weight is 492 g/mol. The number of rotatable bonds is 2. The number of methoxy groups -OCH3 is 1. The van der Waals surface area contributed by atoms with E-state index >= 15 is 0 Å². The number of hydrogen-bond acceptors (Lipinski definition) is 5. The first-order chi connectivity index (χ1) is 17.6. The highest BCUT2D eigenvalue weighted by molar-refractivity contribution is 7.07. The fourth-order valence-electron chi connectivity index (χ4n) is 5.53. The Morgan fingerprint density at radius 1 is 0.972 bits per heavy atom. The molecule has 1 aromatic heterocycles. The smallest absolute Gasteiger partial charge is 0.271 e. The van der Waals surface area contributed by atoms with E-state index in [0.717, 1.165) is 52.2 Å². The molecule has 176 valence electrons. The van der Waals surface area contributed by atoms with Crippen LogP contribution in [-0.2, 0) is 11.2 Å². The normalized spacial score (nSPS) is 19.0. The average Bonchev–Trinajstić information content (AvgIpc) is 3.42. The zero-order valence-electron chi connectivity index (χ0n) is 19.4. The van der Waals surface area contributed by atoms with Gasteiger partial charge in [0, 0.05) is 16.8 Å². The predicted octanol–water partition coefficient (Wildman–Crippen LogP) is 3.65. The minimum Gasteiger partial charge on any atom is -0.497 e. The van der Waals surface area contributed by atoms with Gasteiger partial charge in [-0.25, -0.2) is 4.99 Å². The molecule has 0 spiro atoms. The number of thiazole rings is 1. The first kappa shape index (κ1) is 21.1. The summed E-state index contributed by atoms with van der Waals surface area (Å²) in [5.74, 6) is 0.477. The van der Waals surface area contributed by atoms with E-state index in [1.165, 1.54) is 16.9 Å². The lowest BCUT2D eigenvalue weighted by molar-refractivity contribution is -0.110. The highest BCUT2D eigenvalue weighted by Gasteiger charge is 2.34. The third-order valence-corrected chi connectivity index (χ3v) is 8.21. The van der Waals surface area contributed by atoms with E-state index in [9.17, 15) is 9.59 Å². The highest BCUT2D eigenvalue weighted by Crippen LogP contribution is 2.41. The van der Waals surface area contributed by atoms with Crippen molar-refractivity contribution < 1.29 is 9.53 Å². The molecule has 1 aliphatic carbocycles. The van der Waals surface area contributed by atoms with Gasteiger partial charge >= 0.3 is 0 Å². The molecule has 7 heteroatoms. The summed E-state index contributed by atoms with van der Waals surface area (Å²) in [6, 6.07) is 23.4. The molecular formula is C29H21N3O3S. The molecule has 0 radical (unpaired) electrons. The summed E-state index contributed by atoms with van der Waals surface area (Å²) in [4.78, 5) is 32.7. The number of para-hydroxylation sites is 1. The van der Waals surface area contributed by atoms with Crippen molar-refractivity contribution in [1.29, 1.82) is 0 Å². The lowest BCUT2D eigenvalue weighted by Gasteiger charge is -2.31. The summed E-state index contributed by atoms with van der Waals surface area (Å²) < 4.78 is 7.70. The Balaban J connectivity index is 1.56. The molecule has 36 heavy (non-hydrogen) atoms. The van der Waals surface area contributed by atoms with Crippen molar-refractivity contribution in [3.05, 3.63) is 120 Å². The van der Waals surface area contributed by atoms with Crippen LogP contribution in [-0.4, -0.2) is 17.6 Å². The molecule has 0 unspecified atom stereocenters. The molecule has 1 amide bonds. The van der Waals surface area contributed by atoms with E-state index in [0.29, 0.717) is 14.9 Å². The van der Waals surface area contributed by atoms with Crippen LogP contribution in [0.1, 0.15) is 34.7 Å².